The summed E-state index contributed by atoms with van der Waals surface area (Å²) in [6, 6.07) is 9.34. The summed E-state index contributed by atoms with van der Waals surface area (Å²) in [5, 5.41) is 2.82. The summed E-state index contributed by atoms with van der Waals surface area (Å²) in [6.07, 6.45) is 0. The Balaban J connectivity index is 2.02. The van der Waals surface area contributed by atoms with Crippen LogP contribution < -0.4 is 15.8 Å². The zero-order valence-corrected chi connectivity index (χ0v) is 14.5. The van der Waals surface area contributed by atoms with Crippen LogP contribution in [0, 0.1) is 20.8 Å². The predicted molar refractivity (Wildman–Crippen MR) is 93.3 cm³/mol. The van der Waals surface area contributed by atoms with Gasteiger partial charge < -0.3 is 15.8 Å². The van der Waals surface area contributed by atoms with Crippen LogP contribution in [0.3, 0.4) is 0 Å². The Morgan fingerprint density at radius 3 is 2.55 bits per heavy atom. The number of halogens is 1. The normalized spacial score (nSPS) is 10.4. The first kappa shape index (κ1) is 16.4. The van der Waals surface area contributed by atoms with Crippen LogP contribution in [-0.4, -0.2) is 12.5 Å². The second-order valence-electron chi connectivity index (χ2n) is 5.30. The molecule has 22 heavy (non-hydrogen) atoms. The lowest BCUT2D eigenvalue weighted by Gasteiger charge is -2.13. The van der Waals surface area contributed by atoms with Gasteiger partial charge in [0.15, 0.2) is 6.61 Å². The molecule has 0 spiro atoms. The lowest BCUT2D eigenvalue weighted by atomic mass is 10.1. The fourth-order valence-corrected chi connectivity index (χ4v) is 3.02. The Bertz CT molecular complexity index is 691. The molecule has 0 aromatic heterocycles. The van der Waals surface area contributed by atoms with Crippen LogP contribution in [0.15, 0.2) is 34.8 Å². The summed E-state index contributed by atoms with van der Waals surface area (Å²) >= 11 is 3.46. The fourth-order valence-electron chi connectivity index (χ4n) is 2.24. The highest BCUT2D eigenvalue weighted by Gasteiger charge is 2.10. The molecule has 0 saturated heterocycles. The number of carbonyl (C=O) groups is 1. The molecule has 3 N–H and O–H groups in total. The number of benzene rings is 2. The molecule has 0 fully saturated rings. The summed E-state index contributed by atoms with van der Waals surface area (Å²) in [7, 11) is 0. The third kappa shape index (κ3) is 4.01. The van der Waals surface area contributed by atoms with Crippen molar-refractivity contribution in [3.05, 3.63) is 51.5 Å². The average Bonchev–Trinajstić information content (AvgIpc) is 2.40. The fraction of sp³-hybridized carbons (Fsp3) is 0.235. The third-order valence-electron chi connectivity index (χ3n) is 3.25. The molecule has 116 valence electrons. The van der Waals surface area contributed by atoms with Gasteiger partial charge in [0.25, 0.3) is 5.91 Å². The number of aryl methyl sites for hydroxylation is 3. The largest absolute Gasteiger partial charge is 0.482 e. The van der Waals surface area contributed by atoms with Gasteiger partial charge in [-0.2, -0.15) is 0 Å². The second-order valence-corrected chi connectivity index (χ2v) is 6.16. The quantitative estimate of drug-likeness (QED) is 0.808. The van der Waals surface area contributed by atoms with E-state index in [1.165, 1.54) is 0 Å². The summed E-state index contributed by atoms with van der Waals surface area (Å²) < 4.78 is 6.49. The number of hydrogen-bond acceptors (Lipinski definition) is 3. The maximum Gasteiger partial charge on any atom is 0.262 e. The van der Waals surface area contributed by atoms with E-state index in [0.717, 1.165) is 26.9 Å². The number of amides is 1. The van der Waals surface area contributed by atoms with E-state index in [2.05, 4.69) is 21.2 Å². The van der Waals surface area contributed by atoms with Crippen molar-refractivity contribution in [2.45, 2.75) is 20.8 Å². The predicted octanol–water partition coefficient (Wildman–Crippen LogP) is 3.97. The van der Waals surface area contributed by atoms with Crippen molar-refractivity contribution >= 4 is 33.2 Å². The van der Waals surface area contributed by atoms with E-state index in [-0.39, 0.29) is 12.5 Å². The summed E-state index contributed by atoms with van der Waals surface area (Å²) in [6.45, 7) is 5.81. The number of ether oxygens (including phenoxy) is 1. The van der Waals surface area contributed by atoms with Gasteiger partial charge in [0.1, 0.15) is 5.75 Å². The number of nitrogens with one attached hydrogen (secondary N) is 1. The van der Waals surface area contributed by atoms with Gasteiger partial charge in [-0.25, -0.2) is 0 Å². The number of anilines is 2. The molecule has 2 aromatic carbocycles. The van der Waals surface area contributed by atoms with Crippen molar-refractivity contribution in [3.63, 3.8) is 0 Å². The van der Waals surface area contributed by atoms with E-state index >= 15 is 0 Å². The Kier molecular flexibility index (Phi) is 5.08. The Hall–Kier alpha value is -2.01. The summed E-state index contributed by atoms with van der Waals surface area (Å²) in [5.41, 5.74) is 10.2. The first-order chi connectivity index (χ1) is 10.4. The van der Waals surface area contributed by atoms with Gasteiger partial charge in [-0.3, -0.25) is 4.79 Å². The van der Waals surface area contributed by atoms with Crippen LogP contribution in [0.1, 0.15) is 16.7 Å². The van der Waals surface area contributed by atoms with Crippen LogP contribution >= 0.6 is 15.9 Å². The molecule has 0 unspecified atom stereocenters. The highest BCUT2D eigenvalue weighted by Crippen LogP contribution is 2.30. The minimum absolute atomic E-state index is 0.0493. The number of nitrogen functional groups attached to an aromatic ring is 1. The second kappa shape index (κ2) is 6.83. The Labute approximate surface area is 138 Å². The molecule has 4 nitrogen and oxygen atoms in total. The van der Waals surface area contributed by atoms with Crippen LogP contribution in [0.5, 0.6) is 5.75 Å². The van der Waals surface area contributed by atoms with Crippen LogP contribution in [0.25, 0.3) is 0 Å². The molecule has 5 heteroatoms. The Morgan fingerprint density at radius 2 is 1.91 bits per heavy atom. The first-order valence-corrected chi connectivity index (χ1v) is 7.71. The minimum Gasteiger partial charge on any atom is -0.482 e. The molecular formula is C17H19BrN2O2. The highest BCUT2D eigenvalue weighted by atomic mass is 79.9. The van der Waals surface area contributed by atoms with Crippen molar-refractivity contribution in [1.29, 1.82) is 0 Å². The monoisotopic (exact) mass is 362 g/mol. The van der Waals surface area contributed by atoms with Crippen LogP contribution in [0.4, 0.5) is 11.4 Å². The zero-order chi connectivity index (χ0) is 16.3. The molecule has 0 radical (unpaired) electrons. The lowest BCUT2D eigenvalue weighted by molar-refractivity contribution is -0.118. The van der Waals surface area contributed by atoms with Crippen molar-refractivity contribution in [1.82, 2.24) is 0 Å². The first-order valence-electron chi connectivity index (χ1n) is 6.92. The lowest BCUT2D eigenvalue weighted by Crippen LogP contribution is -2.21. The van der Waals surface area contributed by atoms with Crippen molar-refractivity contribution in [2.24, 2.45) is 0 Å². The van der Waals surface area contributed by atoms with Gasteiger partial charge in [0, 0.05) is 11.4 Å². The molecule has 0 aliphatic heterocycles. The average molecular weight is 363 g/mol. The molecule has 0 saturated carbocycles. The molecule has 2 rings (SSSR count). The molecule has 0 heterocycles. The van der Waals surface area contributed by atoms with E-state index in [0.29, 0.717) is 11.4 Å². The van der Waals surface area contributed by atoms with Gasteiger partial charge >= 0.3 is 0 Å². The smallest absolute Gasteiger partial charge is 0.262 e. The van der Waals surface area contributed by atoms with E-state index < -0.39 is 0 Å². The van der Waals surface area contributed by atoms with E-state index in [4.69, 9.17) is 10.5 Å². The standard InChI is InChI=1S/C17H19BrN2O2/c1-10-6-12(3)17(14(18)7-10)22-9-16(21)20-15-5-4-13(19)8-11(15)2/h4-8H,9,19H2,1-3H3,(H,20,21). The van der Waals surface area contributed by atoms with Crippen molar-refractivity contribution < 1.29 is 9.53 Å². The third-order valence-corrected chi connectivity index (χ3v) is 3.83. The highest BCUT2D eigenvalue weighted by molar-refractivity contribution is 9.10. The molecule has 1 amide bonds. The van der Waals surface area contributed by atoms with E-state index in [1.807, 2.05) is 39.0 Å². The van der Waals surface area contributed by atoms with Crippen molar-refractivity contribution in [3.8, 4) is 5.75 Å². The SMILES string of the molecule is Cc1cc(C)c(OCC(=O)Nc2ccc(N)cc2C)c(Br)c1. The number of rotatable bonds is 4. The summed E-state index contributed by atoms with van der Waals surface area (Å²) in [4.78, 5) is 12.0. The zero-order valence-electron chi connectivity index (χ0n) is 12.9. The van der Waals surface area contributed by atoms with E-state index in [1.54, 1.807) is 12.1 Å². The summed E-state index contributed by atoms with van der Waals surface area (Å²) in [5.74, 6) is 0.481. The molecule has 0 aliphatic rings. The molecule has 0 atom stereocenters. The van der Waals surface area contributed by atoms with Gasteiger partial charge in [-0.15, -0.1) is 0 Å². The van der Waals surface area contributed by atoms with Crippen LogP contribution in [-0.2, 0) is 4.79 Å². The minimum atomic E-state index is -0.209. The van der Waals surface area contributed by atoms with Gasteiger partial charge in [-0.05, 0) is 77.7 Å². The maximum absolute atomic E-state index is 12.0. The molecule has 0 bridgehead atoms. The number of carbonyl (C=O) groups excluding carboxylic acids is 1. The maximum atomic E-state index is 12.0. The topological polar surface area (TPSA) is 64.3 Å². The van der Waals surface area contributed by atoms with Gasteiger partial charge in [-0.1, -0.05) is 6.07 Å². The Morgan fingerprint density at radius 1 is 1.18 bits per heavy atom. The molecule has 0 aliphatic carbocycles. The molecule has 2 aromatic rings. The van der Waals surface area contributed by atoms with Crippen LogP contribution in [0.2, 0.25) is 0 Å². The van der Waals surface area contributed by atoms with Crippen molar-refractivity contribution in [2.75, 3.05) is 17.7 Å². The number of nitrogens with two attached hydrogens (primary N) is 1. The number of hydrogen-bond donors (Lipinski definition) is 2. The molecular weight excluding hydrogens is 344 g/mol. The van der Waals surface area contributed by atoms with E-state index in [9.17, 15) is 4.79 Å². The van der Waals surface area contributed by atoms with Gasteiger partial charge in [0.2, 0.25) is 0 Å². The van der Waals surface area contributed by atoms with Gasteiger partial charge in [0.05, 0.1) is 4.47 Å².